The van der Waals surface area contributed by atoms with Crippen molar-refractivity contribution in [1.82, 2.24) is 5.32 Å². The van der Waals surface area contributed by atoms with E-state index in [0.29, 0.717) is 25.1 Å². The lowest BCUT2D eigenvalue weighted by atomic mass is 9.99. The number of esters is 1. The van der Waals surface area contributed by atoms with E-state index in [1.165, 1.54) is 7.11 Å². The van der Waals surface area contributed by atoms with E-state index >= 15 is 0 Å². The van der Waals surface area contributed by atoms with Crippen LogP contribution in [0.3, 0.4) is 0 Å². The lowest BCUT2D eigenvalue weighted by Gasteiger charge is -2.15. The smallest absolute Gasteiger partial charge is 0.337 e. The fourth-order valence-corrected chi connectivity index (χ4v) is 2.17. The molecule has 1 aromatic rings. The molecule has 5 heteroatoms. The average Bonchev–Trinajstić information content (AvgIpc) is 2.52. The van der Waals surface area contributed by atoms with Gasteiger partial charge in [-0.05, 0) is 37.1 Å². The number of nitrogens with one attached hydrogen (secondary N) is 1. The summed E-state index contributed by atoms with van der Waals surface area (Å²) in [5, 5.41) is 2.92. The maximum atomic E-state index is 12.1. The van der Waals surface area contributed by atoms with Gasteiger partial charge in [-0.25, -0.2) is 4.79 Å². The molecule has 1 rings (SSSR count). The summed E-state index contributed by atoms with van der Waals surface area (Å²) < 4.78 is 4.64. The van der Waals surface area contributed by atoms with Crippen LogP contribution in [-0.2, 0) is 16.1 Å². The van der Waals surface area contributed by atoms with Crippen LogP contribution in [-0.4, -0.2) is 25.5 Å². The quantitative estimate of drug-likeness (QED) is 0.717. The van der Waals surface area contributed by atoms with Crippen LogP contribution in [0.15, 0.2) is 24.3 Å². The molecule has 0 spiro atoms. The van der Waals surface area contributed by atoms with Gasteiger partial charge in [0, 0.05) is 12.5 Å². The summed E-state index contributed by atoms with van der Waals surface area (Å²) in [4.78, 5) is 23.4. The zero-order valence-electron chi connectivity index (χ0n) is 12.7. The molecule has 21 heavy (non-hydrogen) atoms. The summed E-state index contributed by atoms with van der Waals surface area (Å²) in [7, 11) is 1.35. The largest absolute Gasteiger partial charge is 0.465 e. The van der Waals surface area contributed by atoms with Crippen molar-refractivity contribution < 1.29 is 14.3 Å². The van der Waals surface area contributed by atoms with E-state index in [9.17, 15) is 9.59 Å². The highest BCUT2D eigenvalue weighted by Crippen LogP contribution is 2.11. The Morgan fingerprint density at radius 3 is 2.43 bits per heavy atom. The predicted molar refractivity (Wildman–Crippen MR) is 81.7 cm³/mol. The molecule has 0 aromatic heterocycles. The first-order chi connectivity index (χ1) is 10.1. The van der Waals surface area contributed by atoms with E-state index in [2.05, 4.69) is 17.0 Å². The molecule has 5 nitrogen and oxygen atoms in total. The fraction of sp³-hybridized carbons (Fsp3) is 0.500. The zero-order chi connectivity index (χ0) is 15.7. The van der Waals surface area contributed by atoms with E-state index in [0.717, 1.165) is 18.4 Å². The van der Waals surface area contributed by atoms with Crippen LogP contribution in [0.4, 0.5) is 0 Å². The Kier molecular flexibility index (Phi) is 7.46. The number of benzene rings is 1. The van der Waals surface area contributed by atoms with Crippen LogP contribution >= 0.6 is 0 Å². The third-order valence-electron chi connectivity index (χ3n) is 3.36. The third-order valence-corrected chi connectivity index (χ3v) is 3.36. The maximum absolute atomic E-state index is 12.1. The standard InChI is InChI=1S/C16H24N2O3/c1-3-4-13(9-10-17)15(19)18-11-12-5-7-14(8-6-12)16(20)21-2/h5-8,13H,3-4,9-11,17H2,1-2H3,(H,18,19). The molecule has 1 atom stereocenters. The van der Waals surface area contributed by atoms with Crippen LogP contribution in [0.5, 0.6) is 0 Å². The number of methoxy groups -OCH3 is 1. The van der Waals surface area contributed by atoms with Gasteiger partial charge in [0.2, 0.25) is 5.91 Å². The summed E-state index contributed by atoms with van der Waals surface area (Å²) in [6, 6.07) is 7.00. The normalized spacial score (nSPS) is 11.8. The van der Waals surface area contributed by atoms with Crippen molar-refractivity contribution in [3.63, 3.8) is 0 Å². The third kappa shape index (κ3) is 5.55. The Labute approximate surface area is 125 Å². The Morgan fingerprint density at radius 1 is 1.24 bits per heavy atom. The second kappa shape index (κ2) is 9.13. The summed E-state index contributed by atoms with van der Waals surface area (Å²) in [5.74, 6) is -0.342. The Hall–Kier alpha value is -1.88. The van der Waals surface area contributed by atoms with E-state index in [-0.39, 0.29) is 17.8 Å². The monoisotopic (exact) mass is 292 g/mol. The van der Waals surface area contributed by atoms with Gasteiger partial charge in [-0.1, -0.05) is 25.5 Å². The first-order valence-corrected chi connectivity index (χ1v) is 7.27. The van der Waals surface area contributed by atoms with Crippen molar-refractivity contribution in [2.24, 2.45) is 11.7 Å². The van der Waals surface area contributed by atoms with Crippen molar-refractivity contribution in [1.29, 1.82) is 0 Å². The van der Waals surface area contributed by atoms with Gasteiger partial charge in [-0.3, -0.25) is 4.79 Å². The SMILES string of the molecule is CCCC(CCN)C(=O)NCc1ccc(C(=O)OC)cc1. The number of ether oxygens (including phenoxy) is 1. The number of amides is 1. The summed E-state index contributed by atoms with van der Waals surface area (Å²) >= 11 is 0. The number of carbonyl (C=O) groups is 2. The minimum Gasteiger partial charge on any atom is -0.465 e. The van der Waals surface area contributed by atoms with E-state index in [1.807, 2.05) is 12.1 Å². The summed E-state index contributed by atoms with van der Waals surface area (Å²) in [5.41, 5.74) is 6.98. The molecule has 1 amide bonds. The minimum atomic E-state index is -0.364. The Bertz CT molecular complexity index is 451. The molecular weight excluding hydrogens is 268 g/mol. The number of hydrogen-bond acceptors (Lipinski definition) is 4. The first kappa shape index (κ1) is 17.2. The van der Waals surface area contributed by atoms with E-state index < -0.39 is 0 Å². The highest BCUT2D eigenvalue weighted by molar-refractivity contribution is 5.89. The van der Waals surface area contributed by atoms with Crippen LogP contribution in [0.25, 0.3) is 0 Å². The molecule has 0 aliphatic carbocycles. The maximum Gasteiger partial charge on any atom is 0.337 e. The molecule has 0 saturated carbocycles. The van der Waals surface area contributed by atoms with Gasteiger partial charge in [0.25, 0.3) is 0 Å². The van der Waals surface area contributed by atoms with Gasteiger partial charge in [-0.2, -0.15) is 0 Å². The van der Waals surface area contributed by atoms with Crippen molar-refractivity contribution in [3.05, 3.63) is 35.4 Å². The molecule has 0 saturated heterocycles. The molecule has 1 unspecified atom stereocenters. The van der Waals surface area contributed by atoms with Gasteiger partial charge in [0.1, 0.15) is 0 Å². The van der Waals surface area contributed by atoms with Crippen LogP contribution in [0.2, 0.25) is 0 Å². The average molecular weight is 292 g/mol. The highest BCUT2D eigenvalue weighted by Gasteiger charge is 2.16. The van der Waals surface area contributed by atoms with Gasteiger partial charge in [0.05, 0.1) is 12.7 Å². The lowest BCUT2D eigenvalue weighted by molar-refractivity contribution is -0.125. The topological polar surface area (TPSA) is 81.4 Å². The Balaban J connectivity index is 2.53. The number of hydrogen-bond donors (Lipinski definition) is 2. The van der Waals surface area contributed by atoms with Crippen LogP contribution in [0.1, 0.15) is 42.1 Å². The summed E-state index contributed by atoms with van der Waals surface area (Å²) in [6.45, 7) is 3.03. The van der Waals surface area contributed by atoms with Gasteiger partial charge < -0.3 is 15.8 Å². The molecule has 0 radical (unpaired) electrons. The van der Waals surface area contributed by atoms with E-state index in [4.69, 9.17) is 5.73 Å². The first-order valence-electron chi connectivity index (χ1n) is 7.27. The predicted octanol–water partition coefficient (Wildman–Crippen LogP) is 1.85. The fourth-order valence-electron chi connectivity index (χ4n) is 2.17. The van der Waals surface area contributed by atoms with Crippen molar-refractivity contribution in [2.45, 2.75) is 32.7 Å². The van der Waals surface area contributed by atoms with Gasteiger partial charge >= 0.3 is 5.97 Å². The number of carbonyl (C=O) groups excluding carboxylic acids is 2. The minimum absolute atomic E-state index is 0.0191. The molecule has 0 aliphatic heterocycles. The van der Waals surface area contributed by atoms with Gasteiger partial charge in [0.15, 0.2) is 0 Å². The second-order valence-electron chi connectivity index (χ2n) is 4.97. The van der Waals surface area contributed by atoms with Gasteiger partial charge in [-0.15, -0.1) is 0 Å². The molecule has 3 N–H and O–H groups in total. The molecule has 0 fully saturated rings. The summed E-state index contributed by atoms with van der Waals surface area (Å²) in [6.07, 6.45) is 2.52. The zero-order valence-corrected chi connectivity index (χ0v) is 12.7. The molecular formula is C16H24N2O3. The van der Waals surface area contributed by atoms with E-state index in [1.54, 1.807) is 12.1 Å². The molecule has 0 aliphatic rings. The van der Waals surface area contributed by atoms with Crippen molar-refractivity contribution >= 4 is 11.9 Å². The van der Waals surface area contributed by atoms with Crippen LogP contribution < -0.4 is 11.1 Å². The highest BCUT2D eigenvalue weighted by atomic mass is 16.5. The number of rotatable bonds is 8. The number of nitrogens with two attached hydrogens (primary N) is 1. The second-order valence-corrected chi connectivity index (χ2v) is 4.97. The van der Waals surface area contributed by atoms with Crippen molar-refractivity contribution in [2.75, 3.05) is 13.7 Å². The van der Waals surface area contributed by atoms with Crippen LogP contribution in [0, 0.1) is 5.92 Å². The lowest BCUT2D eigenvalue weighted by Crippen LogP contribution is -2.31. The van der Waals surface area contributed by atoms with Crippen molar-refractivity contribution in [3.8, 4) is 0 Å². The molecule has 116 valence electrons. The molecule has 1 aromatic carbocycles. The molecule has 0 heterocycles. The Morgan fingerprint density at radius 2 is 1.90 bits per heavy atom. The molecule has 0 bridgehead atoms.